The predicted octanol–water partition coefficient (Wildman–Crippen LogP) is 0.0327. The Balaban J connectivity index is 2.39. The molecule has 0 aromatic heterocycles. The van der Waals surface area contributed by atoms with Crippen molar-refractivity contribution in [2.24, 2.45) is 0 Å². The summed E-state index contributed by atoms with van der Waals surface area (Å²) in [6, 6.07) is 4.45. The normalized spacial score (nSPS) is 19.3. The molecule has 0 bridgehead atoms. The third-order valence-corrected chi connectivity index (χ3v) is 4.65. The minimum absolute atomic E-state index is 0.0282. The van der Waals surface area contributed by atoms with Gasteiger partial charge in [0.05, 0.1) is 12.7 Å². The molecular weight excluding hydrogens is 256 g/mol. The van der Waals surface area contributed by atoms with E-state index in [4.69, 9.17) is 10.5 Å². The fourth-order valence-electron chi connectivity index (χ4n) is 1.92. The van der Waals surface area contributed by atoms with Gasteiger partial charge >= 0.3 is 0 Å². The van der Waals surface area contributed by atoms with E-state index in [0.717, 1.165) is 0 Å². The molecule has 1 aliphatic rings. The molecule has 2 rings (SSSR count). The lowest BCUT2D eigenvalue weighted by Crippen LogP contribution is -2.61. The average molecular weight is 272 g/mol. The number of hydrogen-bond acceptors (Lipinski definition) is 5. The molecule has 3 N–H and O–H groups in total. The first-order chi connectivity index (χ1) is 8.26. The van der Waals surface area contributed by atoms with Crippen LogP contribution in [0, 0.1) is 0 Å². The van der Waals surface area contributed by atoms with E-state index in [9.17, 15) is 13.5 Å². The molecule has 0 unspecified atom stereocenters. The third-order valence-electron chi connectivity index (χ3n) is 2.84. The van der Waals surface area contributed by atoms with E-state index in [0.29, 0.717) is 5.69 Å². The number of methoxy groups -OCH3 is 1. The van der Waals surface area contributed by atoms with Crippen molar-refractivity contribution in [3.05, 3.63) is 18.2 Å². The van der Waals surface area contributed by atoms with E-state index in [-0.39, 0.29) is 23.7 Å². The number of sulfonamides is 1. The van der Waals surface area contributed by atoms with Crippen LogP contribution in [0.15, 0.2) is 23.1 Å². The Morgan fingerprint density at radius 1 is 1.44 bits per heavy atom. The van der Waals surface area contributed by atoms with Crippen LogP contribution in [0.3, 0.4) is 0 Å². The third kappa shape index (κ3) is 2.16. The van der Waals surface area contributed by atoms with Gasteiger partial charge in [-0.15, -0.1) is 0 Å². The lowest BCUT2D eigenvalue weighted by atomic mass is 10.0. The van der Waals surface area contributed by atoms with Crippen LogP contribution in [0.4, 0.5) is 5.69 Å². The molecule has 0 saturated carbocycles. The van der Waals surface area contributed by atoms with Crippen LogP contribution in [0.25, 0.3) is 0 Å². The first-order valence-electron chi connectivity index (χ1n) is 5.42. The minimum atomic E-state index is -3.67. The van der Waals surface area contributed by atoms with Crippen LogP contribution in [0.2, 0.25) is 0 Å². The van der Waals surface area contributed by atoms with E-state index in [1.165, 1.54) is 23.5 Å². The summed E-state index contributed by atoms with van der Waals surface area (Å²) < 4.78 is 30.9. The molecule has 0 amide bonds. The second kappa shape index (κ2) is 4.11. The van der Waals surface area contributed by atoms with Crippen LogP contribution in [0.5, 0.6) is 5.75 Å². The van der Waals surface area contributed by atoms with Crippen molar-refractivity contribution in [2.45, 2.75) is 17.4 Å². The van der Waals surface area contributed by atoms with E-state index in [1.54, 1.807) is 13.0 Å². The van der Waals surface area contributed by atoms with E-state index in [1.807, 2.05) is 0 Å². The fraction of sp³-hybridized carbons (Fsp3) is 0.455. The summed E-state index contributed by atoms with van der Waals surface area (Å²) in [6.45, 7) is 1.75. The molecule has 1 saturated heterocycles. The number of β-amino-alcohol motifs (C(OH)–C–C–N with tert-alkyl or cyclic N) is 1. The highest BCUT2D eigenvalue weighted by atomic mass is 32.2. The van der Waals surface area contributed by atoms with E-state index >= 15 is 0 Å². The number of nitrogen functional groups attached to an aromatic ring is 1. The molecule has 100 valence electrons. The summed E-state index contributed by atoms with van der Waals surface area (Å²) in [5.41, 5.74) is 4.99. The van der Waals surface area contributed by atoms with Gasteiger partial charge in [0, 0.05) is 18.8 Å². The number of rotatable bonds is 3. The Morgan fingerprint density at radius 2 is 2.06 bits per heavy atom. The van der Waals surface area contributed by atoms with Crippen LogP contribution in [0.1, 0.15) is 6.92 Å². The molecule has 0 atom stereocenters. The highest BCUT2D eigenvalue weighted by molar-refractivity contribution is 7.89. The number of hydrogen-bond donors (Lipinski definition) is 2. The second-order valence-corrected chi connectivity index (χ2v) is 6.59. The molecule has 0 radical (unpaired) electrons. The molecule has 7 heteroatoms. The zero-order chi connectivity index (χ0) is 13.6. The Bertz CT molecular complexity index is 560. The molecular formula is C11H16N2O4S. The smallest absolute Gasteiger partial charge is 0.247 e. The Hall–Kier alpha value is -1.31. The zero-order valence-electron chi connectivity index (χ0n) is 10.3. The van der Waals surface area contributed by atoms with Gasteiger partial charge in [-0.1, -0.05) is 0 Å². The van der Waals surface area contributed by atoms with Gasteiger partial charge in [-0.05, 0) is 25.1 Å². The molecule has 1 fully saturated rings. The number of nitrogens with zero attached hydrogens (tertiary/aromatic N) is 1. The van der Waals surface area contributed by atoms with Crippen LogP contribution >= 0.6 is 0 Å². The number of benzene rings is 1. The van der Waals surface area contributed by atoms with Crippen LogP contribution in [-0.2, 0) is 10.0 Å². The molecule has 1 aromatic carbocycles. The van der Waals surface area contributed by atoms with Gasteiger partial charge in [0.1, 0.15) is 10.6 Å². The molecule has 18 heavy (non-hydrogen) atoms. The van der Waals surface area contributed by atoms with Gasteiger partial charge in [0.25, 0.3) is 0 Å². The highest BCUT2D eigenvalue weighted by Gasteiger charge is 2.44. The molecule has 0 spiro atoms. The lowest BCUT2D eigenvalue weighted by Gasteiger charge is -2.42. The summed E-state index contributed by atoms with van der Waals surface area (Å²) in [7, 11) is -2.27. The summed E-state index contributed by atoms with van der Waals surface area (Å²) in [5.74, 6) is 0.246. The van der Waals surface area contributed by atoms with Gasteiger partial charge in [-0.25, -0.2) is 8.42 Å². The quantitative estimate of drug-likeness (QED) is 0.757. The van der Waals surface area contributed by atoms with Gasteiger partial charge in [0.15, 0.2) is 0 Å². The SMILES string of the molecule is COc1ccc(N)cc1S(=O)(=O)N1CC(C)(O)C1. The van der Waals surface area contributed by atoms with Crippen molar-refractivity contribution in [2.75, 3.05) is 25.9 Å². The Labute approximate surface area is 106 Å². The highest BCUT2D eigenvalue weighted by Crippen LogP contribution is 2.33. The monoisotopic (exact) mass is 272 g/mol. The van der Waals surface area contributed by atoms with Crippen molar-refractivity contribution in [1.82, 2.24) is 4.31 Å². The number of ether oxygens (including phenoxy) is 1. The van der Waals surface area contributed by atoms with Gasteiger partial charge in [-0.2, -0.15) is 4.31 Å². The Kier molecular flexibility index (Phi) is 3.00. The van der Waals surface area contributed by atoms with E-state index < -0.39 is 15.6 Å². The van der Waals surface area contributed by atoms with Crippen molar-refractivity contribution in [3.63, 3.8) is 0 Å². The van der Waals surface area contributed by atoms with Gasteiger partial charge in [0.2, 0.25) is 10.0 Å². The first kappa shape index (κ1) is 13.1. The van der Waals surface area contributed by atoms with Crippen molar-refractivity contribution in [1.29, 1.82) is 0 Å². The van der Waals surface area contributed by atoms with E-state index in [2.05, 4.69) is 0 Å². The fourth-order valence-corrected chi connectivity index (χ4v) is 3.78. The summed E-state index contributed by atoms with van der Waals surface area (Å²) in [4.78, 5) is 0.0282. The minimum Gasteiger partial charge on any atom is -0.495 e. The average Bonchev–Trinajstić information content (AvgIpc) is 2.25. The molecule has 6 nitrogen and oxygen atoms in total. The van der Waals surface area contributed by atoms with Gasteiger partial charge in [-0.3, -0.25) is 0 Å². The van der Waals surface area contributed by atoms with Crippen molar-refractivity contribution < 1.29 is 18.3 Å². The maximum absolute atomic E-state index is 12.3. The Morgan fingerprint density at radius 3 is 2.56 bits per heavy atom. The first-order valence-corrected chi connectivity index (χ1v) is 6.86. The lowest BCUT2D eigenvalue weighted by molar-refractivity contribution is -0.0426. The molecule has 0 aliphatic carbocycles. The maximum Gasteiger partial charge on any atom is 0.247 e. The second-order valence-electron chi connectivity index (χ2n) is 4.68. The largest absolute Gasteiger partial charge is 0.495 e. The predicted molar refractivity (Wildman–Crippen MR) is 66.8 cm³/mol. The van der Waals surface area contributed by atoms with Crippen molar-refractivity contribution in [3.8, 4) is 5.75 Å². The number of aliphatic hydroxyl groups is 1. The van der Waals surface area contributed by atoms with Gasteiger partial charge < -0.3 is 15.6 Å². The van der Waals surface area contributed by atoms with Crippen LogP contribution < -0.4 is 10.5 Å². The number of anilines is 1. The van der Waals surface area contributed by atoms with Crippen LogP contribution in [-0.4, -0.2) is 43.6 Å². The molecule has 1 aliphatic heterocycles. The molecule has 1 heterocycles. The summed E-state index contributed by atoms with van der Waals surface area (Å²) >= 11 is 0. The maximum atomic E-state index is 12.3. The topological polar surface area (TPSA) is 92.9 Å². The zero-order valence-corrected chi connectivity index (χ0v) is 11.1. The van der Waals surface area contributed by atoms with Crippen molar-refractivity contribution >= 4 is 15.7 Å². The summed E-state index contributed by atoms with van der Waals surface area (Å²) in [6.07, 6.45) is 0. The molecule has 1 aromatic rings. The summed E-state index contributed by atoms with van der Waals surface area (Å²) in [5, 5.41) is 9.61. The number of nitrogens with two attached hydrogens (primary N) is 1. The standard InChI is InChI=1S/C11H16N2O4S/c1-11(14)6-13(7-11)18(15,16)10-5-8(12)3-4-9(10)17-2/h3-5,14H,6-7,12H2,1-2H3.